The quantitative estimate of drug-likeness (QED) is 0.0901. The average molecular weight is 605 g/mol. The first-order chi connectivity index (χ1) is 20.3. The van der Waals surface area contributed by atoms with E-state index in [2.05, 4.69) is 26.4 Å². The molecule has 1 saturated heterocycles. The summed E-state index contributed by atoms with van der Waals surface area (Å²) in [5.74, 6) is -6.03. The van der Waals surface area contributed by atoms with E-state index in [1.54, 1.807) is 44.2 Å². The van der Waals surface area contributed by atoms with Crippen molar-refractivity contribution in [2.45, 2.75) is 63.7 Å². The molecule has 236 valence electrons. The van der Waals surface area contributed by atoms with Gasteiger partial charge in [-0.3, -0.25) is 29.0 Å². The number of carboxylic acids is 1. The fourth-order valence-electron chi connectivity index (χ4n) is 4.44. The molecular formula is C27H40N8O8. The topological polar surface area (TPSA) is 248 Å². The van der Waals surface area contributed by atoms with Gasteiger partial charge in [0.1, 0.15) is 24.2 Å². The van der Waals surface area contributed by atoms with Crippen LogP contribution in [0.4, 0.5) is 0 Å². The minimum atomic E-state index is -1.56. The summed E-state index contributed by atoms with van der Waals surface area (Å²) in [5, 5.41) is 16.6. The van der Waals surface area contributed by atoms with E-state index in [0.29, 0.717) is 12.0 Å². The van der Waals surface area contributed by atoms with E-state index in [-0.39, 0.29) is 25.3 Å². The molecule has 1 aliphatic heterocycles. The summed E-state index contributed by atoms with van der Waals surface area (Å²) in [6.07, 6.45) is -0.401. The third kappa shape index (κ3) is 11.2. The number of rotatable bonds is 9. The molecule has 43 heavy (non-hydrogen) atoms. The van der Waals surface area contributed by atoms with Crippen LogP contribution in [0.5, 0.6) is 0 Å². The van der Waals surface area contributed by atoms with Gasteiger partial charge in [-0.2, -0.15) is 0 Å². The van der Waals surface area contributed by atoms with Gasteiger partial charge in [-0.15, -0.1) is 5.48 Å². The number of amides is 4. The van der Waals surface area contributed by atoms with E-state index in [1.807, 2.05) is 0 Å². The second kappa shape index (κ2) is 16.6. The van der Waals surface area contributed by atoms with E-state index in [1.165, 1.54) is 7.05 Å². The number of hydroxylamine groups is 1. The molecule has 1 fully saturated rings. The zero-order valence-electron chi connectivity index (χ0n) is 24.4. The van der Waals surface area contributed by atoms with Gasteiger partial charge in [0.15, 0.2) is 5.96 Å². The van der Waals surface area contributed by atoms with Gasteiger partial charge < -0.3 is 42.3 Å². The molecule has 0 bridgehead atoms. The van der Waals surface area contributed by atoms with Crippen molar-refractivity contribution in [1.82, 2.24) is 26.3 Å². The van der Waals surface area contributed by atoms with Crippen molar-refractivity contribution in [1.29, 1.82) is 0 Å². The van der Waals surface area contributed by atoms with Gasteiger partial charge >= 0.3 is 11.9 Å². The molecular weight excluding hydrogens is 564 g/mol. The Morgan fingerprint density at radius 3 is 2.33 bits per heavy atom. The molecule has 0 saturated carbocycles. The Labute approximate surface area is 248 Å². The van der Waals surface area contributed by atoms with Crippen molar-refractivity contribution in [3.8, 4) is 0 Å². The number of hydrogen-bond acceptors (Lipinski definition) is 9. The summed E-state index contributed by atoms with van der Waals surface area (Å²) >= 11 is 0. The molecule has 2 rings (SSSR count). The number of carbonyl (C=O) groups excluding carboxylic acids is 5. The SMILES string of the molecule is CC(C)[C@H]1C(=O)ON[C@@H](CCCN=C(N)N)C(=O)NCC(=O)N[C@@H](CC(=O)O)C(=O)N[C@@H](Cc2ccccc2)C(=O)N1C. The van der Waals surface area contributed by atoms with Gasteiger partial charge in [-0.1, -0.05) is 44.2 Å². The van der Waals surface area contributed by atoms with Crippen molar-refractivity contribution in [3.05, 3.63) is 35.9 Å². The standard InChI is InChI=1S/C27H40N8O8/c1-15(2)22-26(42)43-34-17(10-7-11-30-27(28)29)23(39)31-14-20(36)32-18(13-21(37)38)24(40)33-19(25(41)35(22)3)12-16-8-5-4-6-9-16/h4-6,8-9,15,17-19,22,34H,7,10-14H2,1-3H3,(H,31,39)(H,32,36)(H,33,40)(H,37,38)(H4,28,29,30)/t17-,18-,19-,22-/m0/s1. The van der Waals surface area contributed by atoms with Crippen LogP contribution in [0.3, 0.4) is 0 Å². The highest BCUT2D eigenvalue weighted by Gasteiger charge is 2.37. The largest absolute Gasteiger partial charge is 0.481 e. The van der Waals surface area contributed by atoms with Crippen LogP contribution in [0, 0.1) is 5.92 Å². The van der Waals surface area contributed by atoms with Crippen LogP contribution in [0.15, 0.2) is 35.3 Å². The summed E-state index contributed by atoms with van der Waals surface area (Å²) < 4.78 is 0. The molecule has 9 N–H and O–H groups in total. The number of likely N-dealkylation sites (N-methyl/N-ethyl adjacent to an activating group) is 1. The van der Waals surface area contributed by atoms with Crippen molar-refractivity contribution in [2.75, 3.05) is 20.1 Å². The number of benzene rings is 1. The molecule has 0 spiro atoms. The first kappa shape index (κ1) is 34.5. The van der Waals surface area contributed by atoms with Gasteiger partial charge in [0.05, 0.1) is 13.0 Å². The van der Waals surface area contributed by atoms with Crippen LogP contribution in [0.2, 0.25) is 0 Å². The number of nitrogens with one attached hydrogen (secondary N) is 4. The van der Waals surface area contributed by atoms with Crippen LogP contribution in [-0.4, -0.2) is 95.8 Å². The predicted octanol–water partition coefficient (Wildman–Crippen LogP) is -2.24. The third-order valence-corrected chi connectivity index (χ3v) is 6.55. The predicted molar refractivity (Wildman–Crippen MR) is 154 cm³/mol. The summed E-state index contributed by atoms with van der Waals surface area (Å²) in [7, 11) is 1.37. The molecule has 1 aromatic carbocycles. The molecule has 1 heterocycles. The zero-order chi connectivity index (χ0) is 32.1. The minimum absolute atomic E-state index is 0.00946. The molecule has 0 unspecified atom stereocenters. The maximum Gasteiger partial charge on any atom is 0.347 e. The Morgan fingerprint density at radius 1 is 1.05 bits per heavy atom. The van der Waals surface area contributed by atoms with E-state index < -0.39 is 78.6 Å². The summed E-state index contributed by atoms with van der Waals surface area (Å²) in [4.78, 5) is 87.6. The van der Waals surface area contributed by atoms with Crippen LogP contribution in [0.1, 0.15) is 38.7 Å². The lowest BCUT2D eigenvalue weighted by Gasteiger charge is -2.33. The lowest BCUT2D eigenvalue weighted by atomic mass is 9.99. The number of carboxylic acid groups (broad SMARTS) is 1. The van der Waals surface area contributed by atoms with Crippen LogP contribution in [-0.2, 0) is 40.0 Å². The van der Waals surface area contributed by atoms with Gasteiger partial charge in [0, 0.05) is 20.0 Å². The number of nitrogens with two attached hydrogens (primary N) is 2. The molecule has 4 atom stereocenters. The maximum absolute atomic E-state index is 13.8. The number of hydrogen-bond donors (Lipinski definition) is 7. The first-order valence-electron chi connectivity index (χ1n) is 13.7. The number of carbonyl (C=O) groups is 6. The van der Waals surface area contributed by atoms with Gasteiger partial charge in [-0.05, 0) is 24.3 Å². The van der Waals surface area contributed by atoms with E-state index >= 15 is 0 Å². The molecule has 0 aromatic heterocycles. The minimum Gasteiger partial charge on any atom is -0.481 e. The number of aliphatic imine (C=N–C) groups is 1. The van der Waals surface area contributed by atoms with Crippen molar-refractivity contribution in [3.63, 3.8) is 0 Å². The first-order valence-corrected chi connectivity index (χ1v) is 13.7. The fraction of sp³-hybridized carbons (Fsp3) is 0.519. The van der Waals surface area contributed by atoms with Crippen molar-refractivity contribution < 1.29 is 38.7 Å². The Morgan fingerprint density at radius 2 is 1.72 bits per heavy atom. The highest BCUT2D eigenvalue weighted by atomic mass is 16.7. The highest BCUT2D eigenvalue weighted by molar-refractivity contribution is 5.96. The smallest absolute Gasteiger partial charge is 0.347 e. The monoisotopic (exact) mass is 604 g/mol. The van der Waals surface area contributed by atoms with E-state index in [0.717, 1.165) is 4.90 Å². The second-order valence-electron chi connectivity index (χ2n) is 10.4. The number of nitrogens with zero attached hydrogens (tertiary/aromatic N) is 2. The summed E-state index contributed by atoms with van der Waals surface area (Å²) in [5.41, 5.74) is 13.8. The number of guanidine groups is 1. The molecule has 1 aromatic rings. The molecule has 0 aliphatic carbocycles. The lowest BCUT2D eigenvalue weighted by molar-refractivity contribution is -0.166. The second-order valence-corrected chi connectivity index (χ2v) is 10.4. The van der Waals surface area contributed by atoms with Crippen molar-refractivity contribution >= 4 is 41.5 Å². The van der Waals surface area contributed by atoms with E-state index in [4.69, 9.17) is 16.3 Å². The molecule has 16 nitrogen and oxygen atoms in total. The summed E-state index contributed by atoms with van der Waals surface area (Å²) in [6.45, 7) is 2.93. The van der Waals surface area contributed by atoms with Crippen molar-refractivity contribution in [2.24, 2.45) is 22.4 Å². The van der Waals surface area contributed by atoms with E-state index in [9.17, 15) is 33.9 Å². The van der Waals surface area contributed by atoms with Crippen LogP contribution < -0.4 is 32.9 Å². The Bertz CT molecular complexity index is 1190. The van der Waals surface area contributed by atoms with Gasteiger partial charge in [0.25, 0.3) is 0 Å². The van der Waals surface area contributed by atoms with Gasteiger partial charge in [-0.25, -0.2) is 4.79 Å². The zero-order valence-corrected chi connectivity index (χ0v) is 24.4. The van der Waals surface area contributed by atoms with Gasteiger partial charge in [0.2, 0.25) is 23.6 Å². The fourth-order valence-corrected chi connectivity index (χ4v) is 4.44. The lowest BCUT2D eigenvalue weighted by Crippen LogP contribution is -2.59. The van der Waals surface area contributed by atoms with Crippen LogP contribution in [0.25, 0.3) is 0 Å². The summed E-state index contributed by atoms with van der Waals surface area (Å²) in [6, 6.07) is 3.67. The molecule has 16 heteroatoms. The third-order valence-electron chi connectivity index (χ3n) is 6.55. The average Bonchev–Trinajstić information content (AvgIpc) is 2.93. The molecule has 1 aliphatic rings. The maximum atomic E-state index is 13.8. The Hall–Kier alpha value is -4.73. The highest BCUT2D eigenvalue weighted by Crippen LogP contribution is 2.15. The number of aliphatic carboxylic acids is 1. The van der Waals surface area contributed by atoms with Crippen LogP contribution >= 0.6 is 0 Å². The Balaban J connectivity index is 2.45. The Kier molecular flexibility index (Phi) is 13.3. The normalized spacial score (nSPS) is 22.7. The molecule has 4 amide bonds. The molecule has 0 radical (unpaired) electrons.